The lowest BCUT2D eigenvalue weighted by molar-refractivity contribution is -0.140. The molecule has 1 fully saturated rings. The van der Waals surface area contributed by atoms with Gasteiger partial charge in [-0.05, 0) is 13.0 Å². The summed E-state index contributed by atoms with van der Waals surface area (Å²) in [5, 5.41) is 34.3. The molecule has 0 aliphatic carbocycles. The molecule has 2 aromatic heterocycles. The van der Waals surface area contributed by atoms with Crippen LogP contribution < -0.4 is 21.9 Å². The minimum atomic E-state index is -4.50. The van der Waals surface area contributed by atoms with Crippen molar-refractivity contribution in [3.63, 3.8) is 0 Å². The number of nitrogens with one attached hydrogen (secondary N) is 2. The summed E-state index contributed by atoms with van der Waals surface area (Å²) in [5.74, 6) is -3.16. The maximum absolute atomic E-state index is 13.3. The van der Waals surface area contributed by atoms with Gasteiger partial charge in [0.05, 0.1) is 26.0 Å². The Kier molecular flexibility index (Phi) is 9.66. The molecular formula is C19H29N8O10P. The molecule has 9 N–H and O–H groups in total. The summed E-state index contributed by atoms with van der Waals surface area (Å²) in [6.45, 7) is 0.384. The van der Waals surface area contributed by atoms with E-state index in [9.17, 15) is 29.2 Å². The number of amides is 2. The van der Waals surface area contributed by atoms with Crippen LogP contribution >= 0.6 is 7.75 Å². The van der Waals surface area contributed by atoms with Crippen LogP contribution in [0.1, 0.15) is 26.0 Å². The van der Waals surface area contributed by atoms with E-state index >= 15 is 0 Å². The van der Waals surface area contributed by atoms with Gasteiger partial charge < -0.3 is 36.8 Å². The third-order valence-electron chi connectivity index (χ3n) is 5.34. The lowest BCUT2D eigenvalue weighted by Gasteiger charge is -2.24. The van der Waals surface area contributed by atoms with Crippen LogP contribution in [0, 0.1) is 0 Å². The fraction of sp³-hybridized carbons (Fsp3) is 0.579. The monoisotopic (exact) mass is 560 g/mol. The Labute approximate surface area is 215 Å². The number of hydrogen-bond acceptors (Lipinski definition) is 14. The van der Waals surface area contributed by atoms with Crippen molar-refractivity contribution in [2.24, 2.45) is 5.73 Å². The zero-order valence-corrected chi connectivity index (χ0v) is 21.1. The van der Waals surface area contributed by atoms with Crippen LogP contribution in [0.5, 0.6) is 0 Å². The predicted molar refractivity (Wildman–Crippen MR) is 127 cm³/mol. The topological polar surface area (TPSA) is 276 Å². The molecule has 1 aliphatic heterocycles. The molecule has 19 heteroatoms. The van der Waals surface area contributed by atoms with Crippen LogP contribution in [-0.4, -0.2) is 96.7 Å². The molecule has 0 radical (unpaired) electrons. The van der Waals surface area contributed by atoms with Gasteiger partial charge in [0, 0.05) is 6.92 Å². The Hall–Kier alpha value is -3.25. The van der Waals surface area contributed by atoms with Crippen molar-refractivity contribution < 1.29 is 48.1 Å². The molecule has 0 aromatic carbocycles. The summed E-state index contributed by atoms with van der Waals surface area (Å²) >= 11 is 0. The number of rotatable bonds is 13. The number of carbonyl (C=O) groups is 3. The van der Waals surface area contributed by atoms with Crippen molar-refractivity contribution >= 4 is 42.5 Å². The molecule has 0 unspecified atom stereocenters. The van der Waals surface area contributed by atoms with Gasteiger partial charge >= 0.3 is 13.7 Å². The van der Waals surface area contributed by atoms with Gasteiger partial charge in [-0.15, -0.1) is 0 Å². The molecule has 0 bridgehead atoms. The number of nitrogens with two attached hydrogens (primary N) is 2. The number of carboxylic acids is 1. The molecule has 0 saturated carbocycles. The van der Waals surface area contributed by atoms with E-state index < -0.39 is 69.1 Å². The molecule has 0 spiro atoms. The van der Waals surface area contributed by atoms with E-state index in [1.807, 2.05) is 5.09 Å². The van der Waals surface area contributed by atoms with E-state index in [0.717, 1.165) is 6.92 Å². The van der Waals surface area contributed by atoms with Crippen molar-refractivity contribution in [1.29, 1.82) is 0 Å². The van der Waals surface area contributed by atoms with E-state index in [4.69, 9.17) is 30.4 Å². The first kappa shape index (κ1) is 29.3. The van der Waals surface area contributed by atoms with Crippen LogP contribution in [0.15, 0.2) is 12.7 Å². The van der Waals surface area contributed by atoms with Gasteiger partial charge in [0.1, 0.15) is 36.2 Å². The van der Waals surface area contributed by atoms with E-state index in [1.165, 1.54) is 17.2 Å². The molecule has 18 nitrogen and oxygen atoms in total. The first-order chi connectivity index (χ1) is 18.0. The number of nitrogens with zero attached hydrogens (tertiary/aromatic N) is 4. The van der Waals surface area contributed by atoms with E-state index in [0.29, 0.717) is 0 Å². The zero-order valence-electron chi connectivity index (χ0n) is 20.2. The summed E-state index contributed by atoms with van der Waals surface area (Å²) in [5.41, 5.74) is 11.7. The average molecular weight is 560 g/mol. The van der Waals surface area contributed by atoms with Gasteiger partial charge in [-0.3, -0.25) is 33.1 Å². The Bertz CT molecular complexity index is 1200. The molecule has 1 saturated heterocycles. The van der Waals surface area contributed by atoms with Crippen molar-refractivity contribution in [3.05, 3.63) is 12.7 Å². The zero-order chi connectivity index (χ0) is 28.0. The number of ether oxygens (including phenoxy) is 1. The second kappa shape index (κ2) is 12.5. The quantitative estimate of drug-likeness (QED) is 0.0994. The van der Waals surface area contributed by atoms with Crippen molar-refractivity contribution in [1.82, 2.24) is 29.9 Å². The first-order valence-electron chi connectivity index (χ1n) is 11.3. The fourth-order valence-electron chi connectivity index (χ4n) is 3.54. The summed E-state index contributed by atoms with van der Waals surface area (Å²) in [6.07, 6.45) is -3.59. The van der Waals surface area contributed by atoms with Crippen LogP contribution in [0.3, 0.4) is 0 Å². The van der Waals surface area contributed by atoms with Crippen molar-refractivity contribution in [3.8, 4) is 0 Å². The Morgan fingerprint density at radius 1 is 1.24 bits per heavy atom. The van der Waals surface area contributed by atoms with E-state index in [1.54, 1.807) is 0 Å². The predicted octanol–water partition coefficient (Wildman–Crippen LogP) is -2.39. The lowest BCUT2D eigenvalue weighted by Crippen LogP contribution is -2.46. The molecule has 1 aliphatic rings. The lowest BCUT2D eigenvalue weighted by atomic mass is 10.1. The Balaban J connectivity index is 1.74. The molecular weight excluding hydrogens is 531 g/mol. The number of hydrogen-bond donors (Lipinski definition) is 7. The van der Waals surface area contributed by atoms with Crippen LogP contribution in [-0.2, 0) is 32.7 Å². The fourth-order valence-corrected chi connectivity index (χ4v) is 4.88. The van der Waals surface area contributed by atoms with Gasteiger partial charge in [0.2, 0.25) is 5.91 Å². The highest BCUT2D eigenvalue weighted by molar-refractivity contribution is 7.52. The largest absolute Gasteiger partial charge is 0.481 e. The van der Waals surface area contributed by atoms with E-state index in [-0.39, 0.29) is 36.6 Å². The number of carbonyl (C=O) groups excluding carboxylic acids is 2. The molecule has 3 heterocycles. The maximum atomic E-state index is 13.3. The standard InChI is InChI=1S/C19H29N8O10P/c1-9(28)25-10(5-12(29)30)18(33)26-38(34,35-4-2-3-20)36-6-11-14(31)15(32)19(37-11)27-8-24-13-16(21)22-7-23-17(13)27/h7-8,10-11,14-15,19,31-32H,2-6,20H2,1H3,(H,25,28)(H,29,30)(H2,21,22,23)(H,26,33,34)/t10-,11+,14+,15+,19+,38+/m0/s1. The number of aromatic nitrogens is 4. The van der Waals surface area contributed by atoms with Crippen molar-refractivity contribution in [2.45, 2.75) is 50.3 Å². The summed E-state index contributed by atoms with van der Waals surface area (Å²) in [4.78, 5) is 47.1. The number of imidazole rings is 1. The number of aliphatic hydroxyl groups excluding tert-OH is 2. The summed E-state index contributed by atoms with van der Waals surface area (Å²) in [6, 6.07) is -1.58. The summed E-state index contributed by atoms with van der Waals surface area (Å²) < 4.78 is 30.9. The number of aliphatic carboxylic acids is 1. The number of anilines is 1. The highest BCUT2D eigenvalue weighted by atomic mass is 31.2. The second-order valence-electron chi connectivity index (χ2n) is 8.22. The first-order valence-corrected chi connectivity index (χ1v) is 12.8. The van der Waals surface area contributed by atoms with Gasteiger partial charge in [0.15, 0.2) is 17.7 Å². The number of aliphatic hydroxyl groups is 2. The molecule has 2 aromatic rings. The molecule has 2 amide bonds. The molecule has 3 rings (SSSR count). The second-order valence-corrected chi connectivity index (χ2v) is 9.96. The smallest absolute Gasteiger partial charge is 0.435 e. The van der Waals surface area contributed by atoms with Gasteiger partial charge in [-0.2, -0.15) is 0 Å². The SMILES string of the molecule is CC(=O)N[C@@H](CC(=O)O)C(=O)N[P@@](=O)(OCCCN)OC[C@H]1O[C@@H](n2cnc3c(N)ncnc32)[C@H](O)[C@@H]1O. The van der Waals surface area contributed by atoms with Gasteiger partial charge in [-0.1, -0.05) is 0 Å². The Morgan fingerprint density at radius 2 is 1.97 bits per heavy atom. The third kappa shape index (κ3) is 6.98. The van der Waals surface area contributed by atoms with Crippen molar-refractivity contribution in [2.75, 3.05) is 25.5 Å². The minimum Gasteiger partial charge on any atom is -0.481 e. The number of fused-ring (bicyclic) bond motifs is 1. The molecule has 6 atom stereocenters. The highest BCUT2D eigenvalue weighted by Gasteiger charge is 2.46. The molecule has 210 valence electrons. The maximum Gasteiger partial charge on any atom is 0.435 e. The number of nitrogen functional groups attached to an aromatic ring is 1. The Morgan fingerprint density at radius 3 is 2.63 bits per heavy atom. The van der Waals surface area contributed by atoms with Crippen LogP contribution in [0.4, 0.5) is 5.82 Å². The normalized spacial score (nSPS) is 23.6. The molecule has 38 heavy (non-hydrogen) atoms. The van der Waals surface area contributed by atoms with Crippen LogP contribution in [0.25, 0.3) is 11.2 Å². The van der Waals surface area contributed by atoms with Gasteiger partial charge in [0.25, 0.3) is 5.91 Å². The van der Waals surface area contributed by atoms with Crippen LogP contribution in [0.2, 0.25) is 0 Å². The van der Waals surface area contributed by atoms with Gasteiger partial charge in [-0.25, -0.2) is 19.5 Å². The third-order valence-corrected chi connectivity index (χ3v) is 6.84. The summed E-state index contributed by atoms with van der Waals surface area (Å²) in [7, 11) is -4.50. The van der Waals surface area contributed by atoms with E-state index in [2.05, 4.69) is 20.3 Å². The highest BCUT2D eigenvalue weighted by Crippen LogP contribution is 2.45. The minimum absolute atomic E-state index is 0.0911. The average Bonchev–Trinajstić information content (AvgIpc) is 3.39. The number of carboxylic acid groups (broad SMARTS) is 1.